The lowest BCUT2D eigenvalue weighted by atomic mass is 9.97. The highest BCUT2D eigenvalue weighted by atomic mass is 32.2. The summed E-state index contributed by atoms with van der Waals surface area (Å²) in [5, 5.41) is 2.88. The Hall–Kier alpha value is -0.130. The third-order valence-electron chi connectivity index (χ3n) is 3.06. The Labute approximate surface area is 93.1 Å². The second-order valence-electron chi connectivity index (χ2n) is 4.19. The molecule has 0 saturated carbocycles. The molecule has 1 saturated heterocycles. The number of piperidine rings is 1. The molecule has 5 heteroatoms. The molecule has 15 heavy (non-hydrogen) atoms. The second kappa shape index (κ2) is 5.82. The van der Waals surface area contributed by atoms with Gasteiger partial charge in [0.25, 0.3) is 0 Å². The summed E-state index contributed by atoms with van der Waals surface area (Å²) in [5.41, 5.74) is 0. The summed E-state index contributed by atoms with van der Waals surface area (Å²) in [4.78, 5) is 0. The van der Waals surface area contributed by atoms with Crippen LogP contribution in [0.2, 0.25) is 0 Å². The second-order valence-corrected chi connectivity index (χ2v) is 6.28. The summed E-state index contributed by atoms with van der Waals surface area (Å²) in [6.07, 6.45) is 3.27. The Morgan fingerprint density at radius 2 is 2.20 bits per heavy atom. The lowest BCUT2D eigenvalue weighted by Crippen LogP contribution is -2.42. The van der Waals surface area contributed by atoms with E-state index in [9.17, 15) is 8.42 Å². The molecule has 4 nitrogen and oxygen atoms in total. The van der Waals surface area contributed by atoms with Crippen LogP contribution < -0.4 is 5.32 Å². The number of hydrogen-bond acceptors (Lipinski definition) is 3. The van der Waals surface area contributed by atoms with Gasteiger partial charge in [-0.25, -0.2) is 12.7 Å². The van der Waals surface area contributed by atoms with Gasteiger partial charge in [0.05, 0.1) is 5.75 Å². The van der Waals surface area contributed by atoms with E-state index in [-0.39, 0.29) is 5.75 Å². The molecule has 1 atom stereocenters. The van der Waals surface area contributed by atoms with Crippen LogP contribution in [-0.2, 0) is 10.0 Å². The van der Waals surface area contributed by atoms with Crippen LogP contribution in [-0.4, -0.2) is 45.2 Å². The van der Waals surface area contributed by atoms with Crippen LogP contribution in [0.3, 0.4) is 0 Å². The van der Waals surface area contributed by atoms with Crippen molar-refractivity contribution in [1.29, 1.82) is 0 Å². The Morgan fingerprint density at radius 3 is 2.80 bits per heavy atom. The molecule has 1 fully saturated rings. The van der Waals surface area contributed by atoms with E-state index < -0.39 is 10.0 Å². The highest BCUT2D eigenvalue weighted by Crippen LogP contribution is 2.21. The van der Waals surface area contributed by atoms with Crippen LogP contribution in [0.1, 0.15) is 26.2 Å². The van der Waals surface area contributed by atoms with Crippen LogP contribution in [0, 0.1) is 5.92 Å². The highest BCUT2D eigenvalue weighted by molar-refractivity contribution is 7.89. The van der Waals surface area contributed by atoms with Crippen LogP contribution in [0.15, 0.2) is 0 Å². The molecular weight excluding hydrogens is 212 g/mol. The summed E-state index contributed by atoms with van der Waals surface area (Å²) in [6.45, 7) is 4.11. The van der Waals surface area contributed by atoms with Crippen molar-refractivity contribution in [2.45, 2.75) is 26.2 Å². The number of hydrogen-bond donors (Lipinski definition) is 1. The van der Waals surface area contributed by atoms with Crippen molar-refractivity contribution >= 4 is 10.0 Å². The number of nitrogens with zero attached hydrogens (tertiary/aromatic N) is 1. The summed E-state index contributed by atoms with van der Waals surface area (Å²) < 4.78 is 25.5. The minimum atomic E-state index is -3.02. The van der Waals surface area contributed by atoms with E-state index in [4.69, 9.17) is 0 Å². The van der Waals surface area contributed by atoms with E-state index in [2.05, 4.69) is 12.2 Å². The molecule has 0 radical (unpaired) electrons. The van der Waals surface area contributed by atoms with Crippen molar-refractivity contribution in [1.82, 2.24) is 9.62 Å². The van der Waals surface area contributed by atoms with E-state index in [1.165, 1.54) is 6.42 Å². The van der Waals surface area contributed by atoms with Crippen molar-refractivity contribution < 1.29 is 8.42 Å². The van der Waals surface area contributed by atoms with Gasteiger partial charge in [0.2, 0.25) is 10.0 Å². The average Bonchev–Trinajstić information content (AvgIpc) is 2.26. The Morgan fingerprint density at radius 1 is 1.47 bits per heavy atom. The maximum atomic E-state index is 11.9. The first-order valence-corrected chi connectivity index (χ1v) is 7.33. The molecule has 1 aliphatic heterocycles. The first-order chi connectivity index (χ1) is 7.10. The molecule has 0 spiro atoms. The fourth-order valence-electron chi connectivity index (χ4n) is 1.97. The van der Waals surface area contributed by atoms with Gasteiger partial charge < -0.3 is 5.32 Å². The van der Waals surface area contributed by atoms with Crippen molar-refractivity contribution in [2.24, 2.45) is 5.92 Å². The first kappa shape index (κ1) is 12.9. The maximum absolute atomic E-state index is 11.9. The van der Waals surface area contributed by atoms with E-state index in [1.54, 1.807) is 11.4 Å². The van der Waals surface area contributed by atoms with Crippen molar-refractivity contribution in [3.63, 3.8) is 0 Å². The third kappa shape index (κ3) is 3.74. The van der Waals surface area contributed by atoms with Gasteiger partial charge in [0.1, 0.15) is 0 Å². The fourth-order valence-corrected chi connectivity index (χ4v) is 3.54. The highest BCUT2D eigenvalue weighted by Gasteiger charge is 2.27. The largest absolute Gasteiger partial charge is 0.319 e. The topological polar surface area (TPSA) is 49.4 Å². The van der Waals surface area contributed by atoms with Gasteiger partial charge in [-0.3, -0.25) is 0 Å². The maximum Gasteiger partial charge on any atom is 0.215 e. The lowest BCUT2D eigenvalue weighted by molar-refractivity contribution is 0.261. The van der Waals surface area contributed by atoms with Crippen molar-refractivity contribution in [3.8, 4) is 0 Å². The fraction of sp³-hybridized carbons (Fsp3) is 1.00. The predicted molar refractivity (Wildman–Crippen MR) is 62.3 cm³/mol. The monoisotopic (exact) mass is 234 g/mol. The molecule has 1 unspecified atom stereocenters. The Kier molecular flexibility index (Phi) is 5.02. The molecule has 1 N–H and O–H groups in total. The van der Waals surface area contributed by atoms with Crippen molar-refractivity contribution in [3.05, 3.63) is 0 Å². The summed E-state index contributed by atoms with van der Waals surface area (Å²) in [7, 11) is -1.24. The van der Waals surface area contributed by atoms with Crippen LogP contribution in [0.25, 0.3) is 0 Å². The molecule has 0 amide bonds. The standard InChI is InChI=1S/C10H22N2O2S/c1-3-10-5-4-7-12(9-10)15(13,14)8-6-11-2/h10-11H,3-9H2,1-2H3. The Bertz CT molecular complexity index is 277. The molecule has 1 rings (SSSR count). The molecule has 90 valence electrons. The van der Waals surface area contributed by atoms with Gasteiger partial charge in [0, 0.05) is 19.6 Å². The lowest BCUT2D eigenvalue weighted by Gasteiger charge is -2.31. The van der Waals surface area contributed by atoms with Gasteiger partial charge >= 0.3 is 0 Å². The molecular formula is C10H22N2O2S. The van der Waals surface area contributed by atoms with Gasteiger partial charge in [-0.15, -0.1) is 0 Å². The molecule has 1 aliphatic rings. The quantitative estimate of drug-likeness (QED) is 0.760. The number of nitrogens with one attached hydrogen (secondary N) is 1. The van der Waals surface area contributed by atoms with Crippen LogP contribution in [0.4, 0.5) is 0 Å². The van der Waals surface area contributed by atoms with Gasteiger partial charge in [-0.2, -0.15) is 0 Å². The smallest absolute Gasteiger partial charge is 0.215 e. The van der Waals surface area contributed by atoms with Crippen molar-refractivity contribution in [2.75, 3.05) is 32.4 Å². The predicted octanol–water partition coefficient (Wildman–Crippen LogP) is 0.658. The molecule has 0 aromatic carbocycles. The van der Waals surface area contributed by atoms with Crippen LogP contribution >= 0.6 is 0 Å². The zero-order valence-electron chi connectivity index (χ0n) is 9.70. The third-order valence-corrected chi connectivity index (χ3v) is 4.90. The van der Waals surface area contributed by atoms with E-state index >= 15 is 0 Å². The first-order valence-electron chi connectivity index (χ1n) is 5.72. The zero-order chi connectivity index (χ0) is 11.3. The van der Waals surface area contributed by atoms with Crippen LogP contribution in [0.5, 0.6) is 0 Å². The number of rotatable bonds is 5. The van der Waals surface area contributed by atoms with E-state index in [0.29, 0.717) is 19.0 Å². The zero-order valence-corrected chi connectivity index (χ0v) is 10.5. The minimum absolute atomic E-state index is 0.222. The average molecular weight is 234 g/mol. The van der Waals surface area contributed by atoms with Gasteiger partial charge in [-0.1, -0.05) is 13.3 Å². The normalized spacial score (nSPS) is 24.3. The Balaban J connectivity index is 2.54. The molecule has 0 aromatic rings. The molecule has 0 aromatic heterocycles. The SMILES string of the molecule is CCC1CCCN(S(=O)(=O)CCNC)C1. The van der Waals surface area contributed by atoms with E-state index in [0.717, 1.165) is 19.4 Å². The summed E-state index contributed by atoms with van der Waals surface area (Å²) in [5.74, 6) is 0.781. The summed E-state index contributed by atoms with van der Waals surface area (Å²) in [6, 6.07) is 0. The van der Waals surface area contributed by atoms with E-state index in [1.807, 2.05) is 0 Å². The number of sulfonamides is 1. The molecule has 1 heterocycles. The molecule has 0 bridgehead atoms. The van der Waals surface area contributed by atoms with Gasteiger partial charge in [0.15, 0.2) is 0 Å². The van der Waals surface area contributed by atoms with Gasteiger partial charge in [-0.05, 0) is 25.8 Å². The molecule has 0 aliphatic carbocycles. The summed E-state index contributed by atoms with van der Waals surface area (Å²) >= 11 is 0. The minimum Gasteiger partial charge on any atom is -0.319 e.